The van der Waals surface area contributed by atoms with Crippen LogP contribution in [-0.2, 0) is 19.1 Å². The lowest BCUT2D eigenvalue weighted by molar-refractivity contribution is -0.154. The van der Waals surface area contributed by atoms with Gasteiger partial charge >= 0.3 is 18.1 Å². The van der Waals surface area contributed by atoms with E-state index in [1.165, 1.54) is 0 Å². The van der Waals surface area contributed by atoms with Crippen LogP contribution in [0.5, 0.6) is 0 Å². The third-order valence-electron chi connectivity index (χ3n) is 1.04. The predicted molar refractivity (Wildman–Crippen MR) is 37.2 cm³/mol. The highest BCUT2D eigenvalue weighted by atomic mass is 16.7. The van der Waals surface area contributed by atoms with E-state index in [0.29, 0.717) is 0 Å². The lowest BCUT2D eigenvalue weighted by atomic mass is 10.2. The zero-order valence-corrected chi connectivity index (χ0v) is 6.72. The predicted octanol–water partition coefficient (Wildman–Crippen LogP) is -0.303. The Kier molecular flexibility index (Phi) is 4.28. The maximum absolute atomic E-state index is 10.4. The molecule has 1 unspecified atom stereocenters. The lowest BCUT2D eigenvalue weighted by Crippen LogP contribution is -2.29. The van der Waals surface area contributed by atoms with E-state index in [2.05, 4.69) is 9.47 Å². The molecule has 0 aromatic rings. The summed E-state index contributed by atoms with van der Waals surface area (Å²) in [5, 5.41) is 16.6. The minimum atomic E-state index is -1.72. The third-order valence-corrected chi connectivity index (χ3v) is 1.04. The molecule has 74 valence electrons. The summed E-state index contributed by atoms with van der Waals surface area (Å²) in [6, 6.07) is 0. The molecule has 0 spiro atoms. The summed E-state index contributed by atoms with van der Waals surface area (Å²) in [5.41, 5.74) is 0. The van der Waals surface area contributed by atoms with Crippen LogP contribution >= 0.6 is 0 Å². The van der Waals surface area contributed by atoms with Crippen molar-refractivity contribution in [1.29, 1.82) is 0 Å². The number of hydrogen-bond donors (Lipinski definition) is 2. The van der Waals surface area contributed by atoms with Crippen LogP contribution in [0.2, 0.25) is 0 Å². The first-order valence-corrected chi connectivity index (χ1v) is 3.16. The van der Waals surface area contributed by atoms with E-state index in [1.54, 1.807) is 0 Å². The molecular formula is C6H8O7. The first-order valence-electron chi connectivity index (χ1n) is 3.16. The standard InChI is InChI=1S/C6H8O7/c1-12-6(11)13-3(5(9)10)2-4(7)8/h3H,2H2,1H3,(H,7,8)(H,9,10). The molecule has 0 aliphatic rings. The second-order valence-electron chi connectivity index (χ2n) is 2.00. The quantitative estimate of drug-likeness (QED) is 0.588. The Balaban J connectivity index is 4.18. The Morgan fingerprint density at radius 1 is 1.31 bits per heavy atom. The average Bonchev–Trinajstić information content (AvgIpc) is 2.02. The number of carbonyl (C=O) groups is 3. The van der Waals surface area contributed by atoms with Crippen LogP contribution < -0.4 is 0 Å². The van der Waals surface area contributed by atoms with Gasteiger partial charge in [0.1, 0.15) is 0 Å². The zero-order chi connectivity index (χ0) is 10.4. The van der Waals surface area contributed by atoms with E-state index in [0.717, 1.165) is 7.11 Å². The third kappa shape index (κ3) is 4.62. The maximum Gasteiger partial charge on any atom is 0.508 e. The molecule has 0 aliphatic carbocycles. The molecule has 0 amide bonds. The van der Waals surface area contributed by atoms with Crippen molar-refractivity contribution in [3.8, 4) is 0 Å². The van der Waals surface area contributed by atoms with Gasteiger partial charge in [0, 0.05) is 0 Å². The topological polar surface area (TPSA) is 110 Å². The number of rotatable bonds is 4. The van der Waals surface area contributed by atoms with Crippen LogP contribution in [0, 0.1) is 0 Å². The summed E-state index contributed by atoms with van der Waals surface area (Å²) in [6.07, 6.45) is -3.75. The molecule has 0 aromatic heterocycles. The van der Waals surface area contributed by atoms with Gasteiger partial charge in [-0.25, -0.2) is 9.59 Å². The van der Waals surface area contributed by atoms with Crippen LogP contribution in [0.25, 0.3) is 0 Å². The molecule has 0 bridgehead atoms. The first kappa shape index (κ1) is 11.2. The molecule has 0 radical (unpaired) electrons. The van der Waals surface area contributed by atoms with E-state index in [-0.39, 0.29) is 0 Å². The van der Waals surface area contributed by atoms with Crippen molar-refractivity contribution in [3.05, 3.63) is 0 Å². The number of methoxy groups -OCH3 is 1. The summed E-state index contributed by atoms with van der Waals surface area (Å²) in [4.78, 5) is 30.8. The highest BCUT2D eigenvalue weighted by Crippen LogP contribution is 2.00. The average molecular weight is 192 g/mol. The first-order chi connectivity index (χ1) is 5.97. The fourth-order valence-corrected chi connectivity index (χ4v) is 0.502. The van der Waals surface area contributed by atoms with Gasteiger partial charge in [-0.15, -0.1) is 0 Å². The van der Waals surface area contributed by atoms with Crippen LogP contribution in [0.15, 0.2) is 0 Å². The second kappa shape index (κ2) is 4.96. The number of carbonyl (C=O) groups excluding carboxylic acids is 1. The number of aliphatic carboxylic acids is 2. The maximum atomic E-state index is 10.4. The Morgan fingerprint density at radius 3 is 2.15 bits per heavy atom. The van der Waals surface area contributed by atoms with E-state index in [1.807, 2.05) is 0 Å². The minimum absolute atomic E-state index is 0.801. The molecule has 0 fully saturated rings. The van der Waals surface area contributed by atoms with Crippen molar-refractivity contribution in [2.75, 3.05) is 7.11 Å². The Hall–Kier alpha value is -1.79. The van der Waals surface area contributed by atoms with Gasteiger partial charge in [-0.3, -0.25) is 4.79 Å². The largest absolute Gasteiger partial charge is 0.508 e. The SMILES string of the molecule is COC(=O)OC(CC(=O)O)C(=O)O. The molecule has 13 heavy (non-hydrogen) atoms. The second-order valence-corrected chi connectivity index (χ2v) is 2.00. The lowest BCUT2D eigenvalue weighted by Gasteiger charge is -2.09. The van der Waals surface area contributed by atoms with Crippen LogP contribution in [0.1, 0.15) is 6.42 Å². The highest BCUT2D eigenvalue weighted by molar-refractivity contribution is 5.81. The number of ether oxygens (including phenoxy) is 2. The Bertz CT molecular complexity index is 221. The van der Waals surface area contributed by atoms with Crippen molar-refractivity contribution < 1.29 is 34.1 Å². The Morgan fingerprint density at radius 2 is 1.85 bits per heavy atom. The summed E-state index contributed by atoms with van der Waals surface area (Å²) in [5.74, 6) is -2.91. The molecule has 0 rings (SSSR count). The molecular weight excluding hydrogens is 184 g/mol. The number of carboxylic acids is 2. The molecule has 7 nitrogen and oxygen atoms in total. The summed E-state index contributed by atoms with van der Waals surface area (Å²) in [6.45, 7) is 0. The van der Waals surface area contributed by atoms with E-state index < -0.39 is 30.6 Å². The smallest absolute Gasteiger partial charge is 0.481 e. The monoisotopic (exact) mass is 192 g/mol. The molecule has 0 aliphatic heterocycles. The summed E-state index contributed by atoms with van der Waals surface area (Å²) < 4.78 is 8.13. The normalized spacial score (nSPS) is 11.5. The van der Waals surface area contributed by atoms with Crippen molar-refractivity contribution in [2.24, 2.45) is 0 Å². The Labute approximate surface area is 72.9 Å². The van der Waals surface area contributed by atoms with Gasteiger partial charge in [-0.1, -0.05) is 0 Å². The van der Waals surface area contributed by atoms with Gasteiger partial charge in [0.15, 0.2) is 0 Å². The summed E-state index contributed by atoms with van der Waals surface area (Å²) in [7, 11) is 0.988. The molecule has 2 N–H and O–H groups in total. The minimum Gasteiger partial charge on any atom is -0.481 e. The van der Waals surface area contributed by atoms with Crippen LogP contribution in [0.3, 0.4) is 0 Å². The fourth-order valence-electron chi connectivity index (χ4n) is 0.502. The highest BCUT2D eigenvalue weighted by Gasteiger charge is 2.25. The fraction of sp³-hybridized carbons (Fsp3) is 0.500. The van der Waals surface area contributed by atoms with Gasteiger partial charge in [0.05, 0.1) is 13.5 Å². The molecule has 0 saturated carbocycles. The number of hydrogen-bond acceptors (Lipinski definition) is 5. The molecule has 0 saturated heterocycles. The van der Waals surface area contributed by atoms with Crippen LogP contribution in [-0.4, -0.2) is 41.5 Å². The number of carboxylic acid groups (broad SMARTS) is 2. The van der Waals surface area contributed by atoms with Crippen LogP contribution in [0.4, 0.5) is 4.79 Å². The van der Waals surface area contributed by atoms with Gasteiger partial charge in [-0.2, -0.15) is 0 Å². The van der Waals surface area contributed by atoms with E-state index in [4.69, 9.17) is 10.2 Å². The molecule has 1 atom stereocenters. The van der Waals surface area contributed by atoms with Crippen molar-refractivity contribution in [3.63, 3.8) is 0 Å². The summed E-state index contributed by atoms with van der Waals surface area (Å²) >= 11 is 0. The molecule has 7 heteroatoms. The van der Waals surface area contributed by atoms with Crippen molar-refractivity contribution in [2.45, 2.75) is 12.5 Å². The van der Waals surface area contributed by atoms with Gasteiger partial charge in [-0.05, 0) is 0 Å². The van der Waals surface area contributed by atoms with Crippen molar-refractivity contribution >= 4 is 18.1 Å². The van der Waals surface area contributed by atoms with Gasteiger partial charge in [0.25, 0.3) is 0 Å². The van der Waals surface area contributed by atoms with Gasteiger partial charge < -0.3 is 19.7 Å². The zero-order valence-electron chi connectivity index (χ0n) is 6.72. The molecule has 0 aromatic carbocycles. The van der Waals surface area contributed by atoms with E-state index >= 15 is 0 Å². The molecule has 0 heterocycles. The van der Waals surface area contributed by atoms with E-state index in [9.17, 15) is 14.4 Å². The van der Waals surface area contributed by atoms with Crippen molar-refractivity contribution in [1.82, 2.24) is 0 Å². The van der Waals surface area contributed by atoms with Gasteiger partial charge in [0.2, 0.25) is 6.10 Å².